The minimum atomic E-state index is -0.581. The van der Waals surface area contributed by atoms with E-state index in [1.54, 1.807) is 0 Å². The maximum absolute atomic E-state index is 13.7. The first kappa shape index (κ1) is 24.8. The van der Waals surface area contributed by atoms with E-state index in [1.807, 2.05) is 24.3 Å². The van der Waals surface area contributed by atoms with Crippen LogP contribution in [0.3, 0.4) is 0 Å². The largest absolute Gasteiger partial charge is 0.207 e. The molecule has 0 heterocycles. The van der Waals surface area contributed by atoms with Crippen LogP contribution in [-0.2, 0) is 6.42 Å². The standard InChI is InChI=1S/C33H32F2/c1-22-5-7-28(8-6-22)19-30-17-23(2)31(24(3)18-30)16-15-27-11-9-26(10-12-27)13-14-29-20-32(34)25(4)33(35)21-29/h9-12,17-18,20-22,28H,5-8,19H2,1-4H3. The highest BCUT2D eigenvalue weighted by Crippen LogP contribution is 2.31. The lowest BCUT2D eigenvalue weighted by Crippen LogP contribution is -2.14. The van der Waals surface area contributed by atoms with E-state index in [4.69, 9.17) is 0 Å². The summed E-state index contributed by atoms with van der Waals surface area (Å²) < 4.78 is 27.4. The van der Waals surface area contributed by atoms with Crippen molar-refractivity contribution in [1.82, 2.24) is 0 Å². The van der Waals surface area contributed by atoms with Crippen LogP contribution in [0.5, 0.6) is 0 Å². The Morgan fingerprint density at radius 1 is 0.686 bits per heavy atom. The lowest BCUT2D eigenvalue weighted by molar-refractivity contribution is 0.289. The van der Waals surface area contributed by atoms with Crippen molar-refractivity contribution in [2.45, 2.75) is 59.8 Å². The van der Waals surface area contributed by atoms with Gasteiger partial charge >= 0.3 is 0 Å². The van der Waals surface area contributed by atoms with Crippen molar-refractivity contribution >= 4 is 0 Å². The third kappa shape index (κ3) is 6.41. The maximum Gasteiger partial charge on any atom is 0.130 e. The van der Waals surface area contributed by atoms with Crippen LogP contribution in [0.15, 0.2) is 48.5 Å². The van der Waals surface area contributed by atoms with Gasteiger partial charge in [0.05, 0.1) is 0 Å². The minimum Gasteiger partial charge on any atom is -0.207 e. The topological polar surface area (TPSA) is 0 Å². The Morgan fingerprint density at radius 3 is 1.71 bits per heavy atom. The molecule has 0 radical (unpaired) electrons. The lowest BCUT2D eigenvalue weighted by atomic mass is 9.79. The Balaban J connectivity index is 1.45. The molecule has 0 atom stereocenters. The molecule has 1 saturated carbocycles. The highest BCUT2D eigenvalue weighted by atomic mass is 19.1. The van der Waals surface area contributed by atoms with Crippen LogP contribution in [0.1, 0.15) is 77.1 Å². The Bertz CT molecular complexity index is 1290. The van der Waals surface area contributed by atoms with Gasteiger partial charge in [0.15, 0.2) is 0 Å². The fraction of sp³-hybridized carbons (Fsp3) is 0.333. The summed E-state index contributed by atoms with van der Waals surface area (Å²) in [5.41, 5.74) is 7.00. The van der Waals surface area contributed by atoms with Crippen LogP contribution >= 0.6 is 0 Å². The smallest absolute Gasteiger partial charge is 0.130 e. The molecule has 0 aliphatic heterocycles. The van der Waals surface area contributed by atoms with Gasteiger partial charge in [0.1, 0.15) is 11.6 Å². The number of hydrogen-bond acceptors (Lipinski definition) is 0. The van der Waals surface area contributed by atoms with Gasteiger partial charge in [-0.15, -0.1) is 0 Å². The van der Waals surface area contributed by atoms with E-state index in [9.17, 15) is 8.78 Å². The minimum absolute atomic E-state index is 0.0116. The zero-order valence-corrected chi connectivity index (χ0v) is 21.1. The molecule has 1 fully saturated rings. The molecule has 0 nitrogen and oxygen atoms in total. The highest BCUT2D eigenvalue weighted by Gasteiger charge is 2.19. The van der Waals surface area contributed by atoms with E-state index in [-0.39, 0.29) is 5.56 Å². The molecule has 3 aromatic carbocycles. The number of hydrogen-bond donors (Lipinski definition) is 0. The highest BCUT2D eigenvalue weighted by molar-refractivity contribution is 5.53. The predicted octanol–water partition coefficient (Wildman–Crippen LogP) is 8.06. The molecule has 0 bridgehead atoms. The van der Waals surface area contributed by atoms with Gasteiger partial charge in [-0.3, -0.25) is 0 Å². The van der Waals surface area contributed by atoms with Gasteiger partial charge in [-0.25, -0.2) is 8.78 Å². The molecule has 1 aliphatic carbocycles. The summed E-state index contributed by atoms with van der Waals surface area (Å²) in [5, 5.41) is 0. The van der Waals surface area contributed by atoms with E-state index in [1.165, 1.54) is 67.9 Å². The fourth-order valence-corrected chi connectivity index (χ4v) is 4.87. The summed E-state index contributed by atoms with van der Waals surface area (Å²) in [4.78, 5) is 0. The molecular weight excluding hydrogens is 434 g/mol. The van der Waals surface area contributed by atoms with E-state index in [0.29, 0.717) is 5.56 Å². The normalized spacial score (nSPS) is 17.2. The van der Waals surface area contributed by atoms with Crippen molar-refractivity contribution in [1.29, 1.82) is 0 Å². The van der Waals surface area contributed by atoms with E-state index in [0.717, 1.165) is 28.5 Å². The zero-order chi connectivity index (χ0) is 24.9. The van der Waals surface area contributed by atoms with Gasteiger partial charge < -0.3 is 0 Å². The van der Waals surface area contributed by atoms with Crippen LogP contribution in [0, 0.1) is 67.9 Å². The molecule has 3 aromatic rings. The third-order valence-electron chi connectivity index (χ3n) is 7.10. The quantitative estimate of drug-likeness (QED) is 0.335. The average molecular weight is 467 g/mol. The maximum atomic E-state index is 13.7. The van der Waals surface area contributed by atoms with Crippen LogP contribution in [0.2, 0.25) is 0 Å². The summed E-state index contributed by atoms with van der Waals surface area (Å²) in [6.07, 6.45) is 6.59. The summed E-state index contributed by atoms with van der Waals surface area (Å²) >= 11 is 0. The van der Waals surface area contributed by atoms with Gasteiger partial charge in [-0.1, -0.05) is 55.6 Å². The number of rotatable bonds is 2. The Hall–Kier alpha value is -3.36. The Kier molecular flexibility index (Phi) is 7.73. The van der Waals surface area contributed by atoms with Crippen LogP contribution in [-0.4, -0.2) is 0 Å². The van der Waals surface area contributed by atoms with Gasteiger partial charge in [-0.2, -0.15) is 0 Å². The Labute approximate surface area is 208 Å². The number of aryl methyl sites for hydroxylation is 2. The first-order valence-electron chi connectivity index (χ1n) is 12.5. The molecule has 0 spiro atoms. The van der Waals surface area contributed by atoms with Gasteiger partial charge in [0.2, 0.25) is 0 Å². The fourth-order valence-electron chi connectivity index (χ4n) is 4.87. The van der Waals surface area contributed by atoms with E-state index < -0.39 is 11.6 Å². The van der Waals surface area contributed by atoms with Gasteiger partial charge in [0.25, 0.3) is 0 Å². The second-order valence-electron chi connectivity index (χ2n) is 10.1. The SMILES string of the molecule is Cc1cc(CC2CCC(C)CC2)cc(C)c1C#Cc1ccc(C#Cc2cc(F)c(C)c(F)c2)cc1. The average Bonchev–Trinajstić information content (AvgIpc) is 2.83. The molecule has 2 heteroatoms. The lowest BCUT2D eigenvalue weighted by Gasteiger charge is -2.26. The second-order valence-corrected chi connectivity index (χ2v) is 10.1. The van der Waals surface area contributed by atoms with Gasteiger partial charge in [0, 0.05) is 27.8 Å². The molecule has 0 amide bonds. The molecule has 1 aliphatic rings. The molecular formula is C33H32F2. The number of benzene rings is 3. The molecule has 178 valence electrons. The summed E-state index contributed by atoms with van der Waals surface area (Å²) in [7, 11) is 0. The third-order valence-corrected chi connectivity index (χ3v) is 7.10. The zero-order valence-electron chi connectivity index (χ0n) is 21.1. The number of halogens is 2. The molecule has 4 rings (SSSR count). The van der Waals surface area contributed by atoms with Crippen molar-refractivity contribution in [3.05, 3.63) is 105 Å². The summed E-state index contributed by atoms with van der Waals surface area (Å²) in [5.74, 6) is 13.0. The van der Waals surface area contributed by atoms with Crippen molar-refractivity contribution in [3.8, 4) is 23.7 Å². The van der Waals surface area contributed by atoms with Crippen molar-refractivity contribution in [2.24, 2.45) is 11.8 Å². The van der Waals surface area contributed by atoms with Crippen LogP contribution in [0.4, 0.5) is 8.78 Å². The van der Waals surface area contributed by atoms with Crippen LogP contribution in [0.25, 0.3) is 0 Å². The first-order chi connectivity index (χ1) is 16.8. The summed E-state index contributed by atoms with van der Waals surface area (Å²) in [6.45, 7) is 8.09. The molecule has 0 unspecified atom stereocenters. The van der Waals surface area contributed by atoms with Gasteiger partial charge in [-0.05, 0) is 105 Å². The van der Waals surface area contributed by atoms with E-state index in [2.05, 4.69) is 56.6 Å². The van der Waals surface area contributed by atoms with E-state index >= 15 is 0 Å². The molecule has 0 N–H and O–H groups in total. The second kappa shape index (κ2) is 10.9. The van der Waals surface area contributed by atoms with Crippen LogP contribution < -0.4 is 0 Å². The summed E-state index contributed by atoms with van der Waals surface area (Å²) in [6, 6.07) is 14.8. The Morgan fingerprint density at radius 2 is 1.17 bits per heavy atom. The molecule has 0 aromatic heterocycles. The predicted molar refractivity (Wildman–Crippen MR) is 140 cm³/mol. The first-order valence-corrected chi connectivity index (χ1v) is 12.5. The van der Waals surface area contributed by atoms with Crippen molar-refractivity contribution in [3.63, 3.8) is 0 Å². The monoisotopic (exact) mass is 466 g/mol. The molecule has 0 saturated heterocycles. The van der Waals surface area contributed by atoms with Crippen molar-refractivity contribution in [2.75, 3.05) is 0 Å². The van der Waals surface area contributed by atoms with Crippen molar-refractivity contribution < 1.29 is 8.78 Å². The molecule has 35 heavy (non-hydrogen) atoms.